The average molecular weight is 412 g/mol. The summed E-state index contributed by atoms with van der Waals surface area (Å²) in [6, 6.07) is 5.06. The second kappa shape index (κ2) is 8.37. The zero-order valence-electron chi connectivity index (χ0n) is 15.1. The Kier molecular flexibility index (Phi) is 6.37. The molecule has 0 saturated heterocycles. The highest BCUT2D eigenvalue weighted by molar-refractivity contribution is 8.04. The molecule has 26 heavy (non-hydrogen) atoms. The van der Waals surface area contributed by atoms with Crippen LogP contribution < -0.4 is 0 Å². The second-order valence-electron chi connectivity index (χ2n) is 7.12. The van der Waals surface area contributed by atoms with Crippen molar-refractivity contribution in [1.29, 1.82) is 0 Å². The molecular weight excluding hydrogens is 389 g/mol. The van der Waals surface area contributed by atoms with Gasteiger partial charge in [-0.1, -0.05) is 68.8 Å². The molecule has 2 amide bonds. The number of benzene rings is 1. The van der Waals surface area contributed by atoms with E-state index in [0.29, 0.717) is 26.1 Å². The number of nitrogens with zero attached hydrogens (tertiary/aromatic N) is 1. The maximum atomic E-state index is 13.3. The van der Waals surface area contributed by atoms with Gasteiger partial charge in [0, 0.05) is 21.9 Å². The van der Waals surface area contributed by atoms with E-state index in [4.69, 9.17) is 23.2 Å². The molecule has 1 fully saturated rings. The van der Waals surface area contributed by atoms with Crippen molar-refractivity contribution in [2.45, 2.75) is 63.7 Å². The van der Waals surface area contributed by atoms with Gasteiger partial charge in [-0.3, -0.25) is 14.5 Å². The van der Waals surface area contributed by atoms with Crippen LogP contribution in [0.4, 0.5) is 0 Å². The van der Waals surface area contributed by atoms with Crippen molar-refractivity contribution in [2.24, 2.45) is 0 Å². The van der Waals surface area contributed by atoms with Crippen LogP contribution in [0.5, 0.6) is 0 Å². The molecule has 0 atom stereocenters. The van der Waals surface area contributed by atoms with E-state index in [1.807, 2.05) is 13.8 Å². The molecule has 2 aliphatic rings. The Morgan fingerprint density at radius 2 is 1.69 bits per heavy atom. The third-order valence-electron chi connectivity index (χ3n) is 4.82. The van der Waals surface area contributed by atoms with Crippen molar-refractivity contribution in [1.82, 2.24) is 4.90 Å². The van der Waals surface area contributed by atoms with E-state index in [1.165, 1.54) is 29.5 Å². The number of imide groups is 1. The Bertz CT molecular complexity index is 752. The fraction of sp³-hybridized carbons (Fsp3) is 0.500. The summed E-state index contributed by atoms with van der Waals surface area (Å²) in [4.78, 5) is 28.5. The first-order chi connectivity index (χ1) is 12.4. The molecule has 1 aromatic rings. The lowest BCUT2D eigenvalue weighted by Crippen LogP contribution is -2.40. The Morgan fingerprint density at radius 1 is 1.04 bits per heavy atom. The highest BCUT2D eigenvalue weighted by atomic mass is 35.5. The van der Waals surface area contributed by atoms with E-state index in [0.717, 1.165) is 25.7 Å². The van der Waals surface area contributed by atoms with E-state index in [2.05, 4.69) is 0 Å². The van der Waals surface area contributed by atoms with Crippen LogP contribution in [0.3, 0.4) is 0 Å². The van der Waals surface area contributed by atoms with Gasteiger partial charge in [-0.15, -0.1) is 11.8 Å². The minimum atomic E-state index is -0.214. The summed E-state index contributed by atoms with van der Waals surface area (Å²) >= 11 is 13.8. The first-order valence-corrected chi connectivity index (χ1v) is 10.8. The summed E-state index contributed by atoms with van der Waals surface area (Å²) in [5.41, 5.74) is 1.02. The number of carbonyl (C=O) groups excluding carboxylic acids is 2. The molecule has 0 unspecified atom stereocenters. The molecular formula is C20H23Cl2NO2S. The average Bonchev–Trinajstić information content (AvgIpc) is 2.76. The summed E-state index contributed by atoms with van der Waals surface area (Å²) in [6.07, 6.45) is 6.24. The molecule has 0 spiro atoms. The molecule has 3 nitrogen and oxygen atoms in total. The summed E-state index contributed by atoms with van der Waals surface area (Å²) in [5, 5.41) is 1.10. The molecule has 3 rings (SSSR count). The molecule has 140 valence electrons. The van der Waals surface area contributed by atoms with E-state index < -0.39 is 0 Å². The number of halogens is 2. The van der Waals surface area contributed by atoms with Crippen molar-refractivity contribution < 1.29 is 9.59 Å². The van der Waals surface area contributed by atoms with Gasteiger partial charge in [-0.2, -0.15) is 0 Å². The smallest absolute Gasteiger partial charge is 0.268 e. The van der Waals surface area contributed by atoms with E-state index in [9.17, 15) is 9.59 Å². The molecule has 1 aliphatic heterocycles. The predicted octanol–water partition coefficient (Wildman–Crippen LogP) is 5.94. The van der Waals surface area contributed by atoms with Crippen LogP contribution in [0.1, 0.15) is 57.9 Å². The van der Waals surface area contributed by atoms with Crippen LogP contribution in [-0.4, -0.2) is 28.0 Å². The number of rotatable bonds is 4. The van der Waals surface area contributed by atoms with Gasteiger partial charge in [0.2, 0.25) is 0 Å². The Balaban J connectivity index is 2.03. The van der Waals surface area contributed by atoms with Crippen LogP contribution in [-0.2, 0) is 9.59 Å². The molecule has 0 aromatic heterocycles. The number of hydrogen-bond donors (Lipinski definition) is 0. The summed E-state index contributed by atoms with van der Waals surface area (Å²) in [5.74, 6) is -0.379. The van der Waals surface area contributed by atoms with E-state index in [1.54, 1.807) is 18.2 Å². The number of thioether (sulfide) groups is 1. The SMILES string of the molecule is CC(C)SC1=C(c2ccc(Cl)cc2Cl)C(=O)N(C2CCCCCC2)C1=O. The lowest BCUT2D eigenvalue weighted by Gasteiger charge is -2.25. The van der Waals surface area contributed by atoms with Gasteiger partial charge < -0.3 is 0 Å². The van der Waals surface area contributed by atoms with Crippen molar-refractivity contribution in [2.75, 3.05) is 0 Å². The van der Waals surface area contributed by atoms with Crippen molar-refractivity contribution in [3.8, 4) is 0 Å². The largest absolute Gasteiger partial charge is 0.271 e. The minimum absolute atomic E-state index is 0.0103. The van der Waals surface area contributed by atoms with Crippen LogP contribution in [0.25, 0.3) is 5.57 Å². The van der Waals surface area contributed by atoms with Gasteiger partial charge >= 0.3 is 0 Å². The maximum Gasteiger partial charge on any atom is 0.268 e. The van der Waals surface area contributed by atoms with Crippen LogP contribution in [0.2, 0.25) is 10.0 Å². The Morgan fingerprint density at radius 3 is 2.27 bits per heavy atom. The second-order valence-corrected chi connectivity index (χ2v) is 9.55. The van der Waals surface area contributed by atoms with Gasteiger partial charge in [0.1, 0.15) is 0 Å². The zero-order valence-corrected chi connectivity index (χ0v) is 17.4. The van der Waals surface area contributed by atoms with Gasteiger partial charge in [-0.05, 0) is 25.0 Å². The van der Waals surface area contributed by atoms with E-state index >= 15 is 0 Å². The topological polar surface area (TPSA) is 37.4 Å². The molecule has 6 heteroatoms. The Hall–Kier alpha value is -0.970. The van der Waals surface area contributed by atoms with E-state index in [-0.39, 0.29) is 23.1 Å². The first kappa shape index (κ1) is 19.8. The molecule has 1 saturated carbocycles. The molecule has 0 bridgehead atoms. The van der Waals surface area contributed by atoms with Gasteiger partial charge in [-0.25, -0.2) is 0 Å². The maximum absolute atomic E-state index is 13.3. The van der Waals surface area contributed by atoms with Crippen molar-refractivity contribution in [3.63, 3.8) is 0 Å². The fourth-order valence-electron chi connectivity index (χ4n) is 3.65. The lowest BCUT2D eigenvalue weighted by molar-refractivity contribution is -0.139. The monoisotopic (exact) mass is 411 g/mol. The summed E-state index contributed by atoms with van der Waals surface area (Å²) in [7, 11) is 0. The van der Waals surface area contributed by atoms with Crippen LogP contribution in [0, 0.1) is 0 Å². The summed E-state index contributed by atoms with van der Waals surface area (Å²) < 4.78 is 0. The molecule has 1 heterocycles. The van der Waals surface area contributed by atoms with Crippen molar-refractivity contribution >= 4 is 52.4 Å². The summed E-state index contributed by atoms with van der Waals surface area (Å²) in [6.45, 7) is 4.04. The highest BCUT2D eigenvalue weighted by Gasteiger charge is 2.43. The Labute approximate surface area is 169 Å². The normalized spacial score (nSPS) is 19.7. The quantitative estimate of drug-likeness (QED) is 0.454. The van der Waals surface area contributed by atoms with Gasteiger partial charge in [0.25, 0.3) is 11.8 Å². The predicted molar refractivity (Wildman–Crippen MR) is 109 cm³/mol. The van der Waals surface area contributed by atoms with Crippen molar-refractivity contribution in [3.05, 3.63) is 38.7 Å². The molecule has 0 N–H and O–H groups in total. The van der Waals surface area contributed by atoms with Crippen LogP contribution >= 0.6 is 35.0 Å². The van der Waals surface area contributed by atoms with Crippen LogP contribution in [0.15, 0.2) is 23.1 Å². The van der Waals surface area contributed by atoms with Gasteiger partial charge in [0.15, 0.2) is 0 Å². The minimum Gasteiger partial charge on any atom is -0.271 e. The molecule has 1 aromatic carbocycles. The lowest BCUT2D eigenvalue weighted by atomic mass is 10.0. The highest BCUT2D eigenvalue weighted by Crippen LogP contribution is 2.42. The molecule has 0 radical (unpaired) electrons. The first-order valence-electron chi connectivity index (χ1n) is 9.14. The third-order valence-corrected chi connectivity index (χ3v) is 6.45. The number of carbonyl (C=O) groups is 2. The fourth-order valence-corrected chi connectivity index (χ4v) is 5.14. The van der Waals surface area contributed by atoms with Gasteiger partial charge in [0.05, 0.1) is 15.5 Å². The standard InChI is InChI=1S/C20H23Cl2NO2S/c1-12(2)26-18-17(15-10-9-13(21)11-16(15)22)19(24)23(20(18)25)14-7-5-3-4-6-8-14/h9-12,14H,3-8H2,1-2H3. The molecule has 1 aliphatic carbocycles. The number of hydrogen-bond acceptors (Lipinski definition) is 3. The number of amides is 2. The zero-order chi connectivity index (χ0) is 18.8. The third kappa shape index (κ3) is 3.97.